The normalized spacial score (nSPS) is 19.9. The number of rotatable bonds is 5. The van der Waals surface area contributed by atoms with E-state index >= 15 is 0 Å². The lowest BCUT2D eigenvalue weighted by molar-refractivity contribution is -0.146. The van der Waals surface area contributed by atoms with E-state index in [2.05, 4.69) is 34.5 Å². The number of benzene rings is 1. The van der Waals surface area contributed by atoms with Crippen LogP contribution >= 0.6 is 0 Å². The fraction of sp³-hybridized carbons (Fsp3) is 0.545. The van der Waals surface area contributed by atoms with Gasteiger partial charge >= 0.3 is 0 Å². The second kappa shape index (κ2) is 7.85. The van der Waals surface area contributed by atoms with Gasteiger partial charge < -0.3 is 10.2 Å². The molecule has 2 fully saturated rings. The van der Waals surface area contributed by atoms with E-state index in [0.717, 1.165) is 19.6 Å². The molecule has 0 unspecified atom stereocenters. The first kappa shape index (κ1) is 19.6. The summed E-state index contributed by atoms with van der Waals surface area (Å²) in [5, 5.41) is 2.99. The second-order valence-electron chi connectivity index (χ2n) is 8.69. The molecule has 3 rings (SSSR count). The van der Waals surface area contributed by atoms with Gasteiger partial charge in [-0.3, -0.25) is 14.5 Å². The summed E-state index contributed by atoms with van der Waals surface area (Å²) in [5.41, 5.74) is 0.0891. The summed E-state index contributed by atoms with van der Waals surface area (Å²) in [6, 6.07) is 10.3. The molecular formula is C22H31N3O2. The summed E-state index contributed by atoms with van der Waals surface area (Å²) in [4.78, 5) is 29.8. The number of carbonyl (C=O) groups excluding carboxylic acids is 2. The number of hydrogen-bond acceptors (Lipinski definition) is 3. The van der Waals surface area contributed by atoms with Crippen LogP contribution in [-0.4, -0.2) is 59.9 Å². The Bertz CT molecular complexity index is 694. The van der Waals surface area contributed by atoms with E-state index in [1.54, 1.807) is 0 Å². The van der Waals surface area contributed by atoms with Crippen LogP contribution in [0.25, 0.3) is 6.08 Å². The molecule has 1 heterocycles. The van der Waals surface area contributed by atoms with Crippen LogP contribution in [0.3, 0.4) is 0 Å². The van der Waals surface area contributed by atoms with E-state index in [0.29, 0.717) is 25.9 Å². The van der Waals surface area contributed by atoms with Crippen LogP contribution in [-0.2, 0) is 9.59 Å². The molecule has 1 aromatic rings. The average molecular weight is 370 g/mol. The second-order valence-corrected chi connectivity index (χ2v) is 8.69. The van der Waals surface area contributed by atoms with Gasteiger partial charge in [0.1, 0.15) is 5.41 Å². The molecule has 27 heavy (non-hydrogen) atoms. The topological polar surface area (TPSA) is 52.7 Å². The highest BCUT2D eigenvalue weighted by atomic mass is 16.2. The number of nitrogens with zero attached hydrogens (tertiary/aromatic N) is 2. The lowest BCUT2D eigenvalue weighted by Crippen LogP contribution is -2.54. The minimum atomic E-state index is -0.803. The lowest BCUT2D eigenvalue weighted by atomic mass is 10.0. The van der Waals surface area contributed by atoms with Crippen molar-refractivity contribution in [3.8, 4) is 0 Å². The highest BCUT2D eigenvalue weighted by Crippen LogP contribution is 2.48. The van der Waals surface area contributed by atoms with Crippen molar-refractivity contribution in [1.82, 2.24) is 15.1 Å². The summed E-state index contributed by atoms with van der Waals surface area (Å²) in [7, 11) is 0. The van der Waals surface area contributed by atoms with E-state index < -0.39 is 5.41 Å². The number of carbonyl (C=O) groups is 2. The molecule has 0 spiro atoms. The number of hydrogen-bond donors (Lipinski definition) is 1. The first-order valence-electron chi connectivity index (χ1n) is 9.86. The minimum Gasteiger partial charge on any atom is -0.351 e. The van der Waals surface area contributed by atoms with E-state index in [1.807, 2.05) is 43.9 Å². The van der Waals surface area contributed by atoms with Gasteiger partial charge in [-0.1, -0.05) is 42.5 Å². The average Bonchev–Trinajstić information content (AvgIpc) is 3.43. The Hall–Kier alpha value is -2.14. The van der Waals surface area contributed by atoms with Crippen molar-refractivity contribution in [2.24, 2.45) is 5.41 Å². The van der Waals surface area contributed by atoms with Crippen LogP contribution in [0.2, 0.25) is 0 Å². The molecule has 1 saturated carbocycles. The SMILES string of the molecule is CC(C)(C)NC(=O)C1(C(=O)N2CCN(C/C=C/c3ccccc3)CC2)CC1. The summed E-state index contributed by atoms with van der Waals surface area (Å²) >= 11 is 0. The van der Waals surface area contributed by atoms with Crippen LogP contribution in [0.1, 0.15) is 39.2 Å². The maximum Gasteiger partial charge on any atom is 0.238 e. The van der Waals surface area contributed by atoms with Gasteiger partial charge in [0.15, 0.2) is 0 Å². The molecular weight excluding hydrogens is 338 g/mol. The zero-order valence-corrected chi connectivity index (χ0v) is 16.7. The third-order valence-electron chi connectivity index (χ3n) is 5.22. The number of nitrogens with one attached hydrogen (secondary N) is 1. The Morgan fingerprint density at radius 3 is 2.26 bits per heavy atom. The number of piperazine rings is 1. The van der Waals surface area contributed by atoms with Crippen molar-refractivity contribution >= 4 is 17.9 Å². The van der Waals surface area contributed by atoms with Gasteiger partial charge in [-0.15, -0.1) is 0 Å². The smallest absolute Gasteiger partial charge is 0.238 e. The molecule has 0 bridgehead atoms. The Morgan fingerprint density at radius 1 is 1.07 bits per heavy atom. The predicted octanol–water partition coefficient (Wildman–Crippen LogP) is 2.54. The molecule has 2 amide bonds. The largest absolute Gasteiger partial charge is 0.351 e. The van der Waals surface area contributed by atoms with Crippen LogP contribution < -0.4 is 5.32 Å². The van der Waals surface area contributed by atoms with E-state index in [4.69, 9.17) is 0 Å². The maximum atomic E-state index is 12.9. The Labute approximate surface area is 162 Å². The standard InChI is InChI=1S/C22H31N3O2/c1-21(2,3)23-19(26)22(11-12-22)20(27)25-16-14-24(15-17-25)13-7-10-18-8-5-4-6-9-18/h4-10H,11-17H2,1-3H3,(H,23,26)/b10-7+. The van der Waals surface area contributed by atoms with Crippen molar-refractivity contribution in [2.75, 3.05) is 32.7 Å². The minimum absolute atomic E-state index is 0.0173. The van der Waals surface area contributed by atoms with Crippen molar-refractivity contribution in [3.05, 3.63) is 42.0 Å². The quantitative estimate of drug-likeness (QED) is 0.812. The number of amides is 2. The molecule has 1 aromatic carbocycles. The van der Waals surface area contributed by atoms with Crippen molar-refractivity contribution in [3.63, 3.8) is 0 Å². The third kappa shape index (κ3) is 4.98. The van der Waals surface area contributed by atoms with Crippen LogP contribution in [0.15, 0.2) is 36.4 Å². The molecule has 1 aliphatic heterocycles. The summed E-state index contributed by atoms with van der Waals surface area (Å²) in [6.07, 6.45) is 5.65. The predicted molar refractivity (Wildman–Crippen MR) is 108 cm³/mol. The molecule has 146 valence electrons. The van der Waals surface area contributed by atoms with Gasteiger partial charge in [0.2, 0.25) is 11.8 Å². The van der Waals surface area contributed by atoms with Crippen LogP contribution in [0.5, 0.6) is 0 Å². The molecule has 2 aliphatic rings. The fourth-order valence-corrected chi connectivity index (χ4v) is 3.46. The first-order valence-corrected chi connectivity index (χ1v) is 9.86. The van der Waals surface area contributed by atoms with Gasteiger partial charge in [-0.05, 0) is 39.2 Å². The van der Waals surface area contributed by atoms with Crippen molar-refractivity contribution in [2.45, 2.75) is 39.2 Å². The van der Waals surface area contributed by atoms with Gasteiger partial charge in [-0.2, -0.15) is 0 Å². The van der Waals surface area contributed by atoms with Crippen molar-refractivity contribution < 1.29 is 9.59 Å². The van der Waals surface area contributed by atoms with E-state index in [1.165, 1.54) is 5.56 Å². The molecule has 0 atom stereocenters. The Morgan fingerprint density at radius 2 is 1.70 bits per heavy atom. The molecule has 5 nitrogen and oxygen atoms in total. The highest BCUT2D eigenvalue weighted by molar-refractivity contribution is 6.08. The highest BCUT2D eigenvalue weighted by Gasteiger charge is 2.58. The molecule has 5 heteroatoms. The molecule has 1 N–H and O–H groups in total. The van der Waals surface area contributed by atoms with Crippen molar-refractivity contribution in [1.29, 1.82) is 0 Å². The van der Waals surface area contributed by atoms with Crippen LogP contribution in [0, 0.1) is 5.41 Å². The zero-order valence-electron chi connectivity index (χ0n) is 16.7. The Kier molecular flexibility index (Phi) is 5.70. The van der Waals surface area contributed by atoms with Gasteiger partial charge in [0.25, 0.3) is 0 Å². The van der Waals surface area contributed by atoms with Gasteiger partial charge in [0, 0.05) is 38.3 Å². The third-order valence-corrected chi connectivity index (χ3v) is 5.22. The van der Waals surface area contributed by atoms with E-state index in [9.17, 15) is 9.59 Å². The Balaban J connectivity index is 1.48. The lowest BCUT2D eigenvalue weighted by Gasteiger charge is -2.36. The molecule has 1 aliphatic carbocycles. The summed E-state index contributed by atoms with van der Waals surface area (Å²) in [6.45, 7) is 9.83. The maximum absolute atomic E-state index is 12.9. The first-order chi connectivity index (χ1) is 12.8. The zero-order chi connectivity index (χ0) is 19.5. The summed E-state index contributed by atoms with van der Waals surface area (Å²) < 4.78 is 0. The molecule has 0 aromatic heterocycles. The molecule has 1 saturated heterocycles. The van der Waals surface area contributed by atoms with Gasteiger partial charge in [0.05, 0.1) is 0 Å². The van der Waals surface area contributed by atoms with Gasteiger partial charge in [-0.25, -0.2) is 0 Å². The van der Waals surface area contributed by atoms with Crippen LogP contribution in [0.4, 0.5) is 0 Å². The summed E-state index contributed by atoms with van der Waals surface area (Å²) in [5.74, 6) is -0.0862. The fourth-order valence-electron chi connectivity index (χ4n) is 3.46. The molecule has 0 radical (unpaired) electrons. The van der Waals surface area contributed by atoms with E-state index in [-0.39, 0.29) is 17.4 Å². The monoisotopic (exact) mass is 369 g/mol.